The van der Waals surface area contributed by atoms with Crippen LogP contribution in [0.15, 0.2) is 0 Å². The Balaban J connectivity index is 1.72. The fraction of sp³-hybridized carbons (Fsp3) is 0.923. The summed E-state index contributed by atoms with van der Waals surface area (Å²) >= 11 is 0. The van der Waals surface area contributed by atoms with Gasteiger partial charge in [-0.1, -0.05) is 0 Å². The quantitative estimate of drug-likeness (QED) is 0.810. The molecule has 2 amide bonds. The maximum atomic E-state index is 12.2. The second-order valence-corrected chi connectivity index (χ2v) is 5.30. The molecule has 0 atom stereocenters. The van der Waals surface area contributed by atoms with Gasteiger partial charge in [0.15, 0.2) is 0 Å². The molecule has 0 spiro atoms. The molecule has 2 aliphatic heterocycles. The average molecular weight is 239 g/mol. The number of nitrogens with zero attached hydrogens (tertiary/aromatic N) is 2. The van der Waals surface area contributed by atoms with Gasteiger partial charge in [0, 0.05) is 26.2 Å². The number of amides is 2. The lowest BCUT2D eigenvalue weighted by molar-refractivity contribution is 0.139. The summed E-state index contributed by atoms with van der Waals surface area (Å²) in [5.74, 6) is 0.810. The lowest BCUT2D eigenvalue weighted by atomic mass is 9.94. The van der Waals surface area contributed by atoms with Crippen molar-refractivity contribution >= 4 is 6.03 Å². The molecule has 0 radical (unpaired) electrons. The zero-order valence-corrected chi connectivity index (χ0v) is 11.0. The SMILES string of the molecule is CNCCC1CCN(C(=O)N2CCCC2)CC1. The van der Waals surface area contributed by atoms with Crippen molar-refractivity contribution in [3.05, 3.63) is 0 Å². The van der Waals surface area contributed by atoms with Crippen LogP contribution in [0.3, 0.4) is 0 Å². The summed E-state index contributed by atoms with van der Waals surface area (Å²) in [6.45, 7) is 4.97. The van der Waals surface area contributed by atoms with Gasteiger partial charge in [0.25, 0.3) is 0 Å². The summed E-state index contributed by atoms with van der Waals surface area (Å²) in [7, 11) is 2.01. The van der Waals surface area contributed by atoms with E-state index in [4.69, 9.17) is 0 Å². The molecule has 4 nitrogen and oxygen atoms in total. The Morgan fingerprint density at radius 3 is 2.29 bits per heavy atom. The first-order valence-electron chi connectivity index (χ1n) is 6.99. The van der Waals surface area contributed by atoms with Crippen molar-refractivity contribution in [1.29, 1.82) is 0 Å². The Morgan fingerprint density at radius 1 is 1.12 bits per heavy atom. The minimum atomic E-state index is 0.287. The van der Waals surface area contributed by atoms with Crippen LogP contribution < -0.4 is 5.32 Å². The fourth-order valence-corrected chi connectivity index (χ4v) is 2.87. The second-order valence-electron chi connectivity index (χ2n) is 5.30. The molecule has 0 saturated carbocycles. The van der Waals surface area contributed by atoms with Crippen LogP contribution in [0.5, 0.6) is 0 Å². The van der Waals surface area contributed by atoms with E-state index in [1.807, 2.05) is 11.9 Å². The van der Waals surface area contributed by atoms with Gasteiger partial charge in [0.1, 0.15) is 0 Å². The van der Waals surface area contributed by atoms with Gasteiger partial charge < -0.3 is 15.1 Å². The van der Waals surface area contributed by atoms with Gasteiger partial charge in [0.05, 0.1) is 0 Å². The number of hydrogen-bond acceptors (Lipinski definition) is 2. The molecule has 98 valence electrons. The molecule has 2 rings (SSSR count). The minimum Gasteiger partial charge on any atom is -0.325 e. The highest BCUT2D eigenvalue weighted by Crippen LogP contribution is 2.21. The largest absolute Gasteiger partial charge is 0.325 e. The third-order valence-corrected chi connectivity index (χ3v) is 4.06. The van der Waals surface area contributed by atoms with Crippen LogP contribution in [0.1, 0.15) is 32.1 Å². The van der Waals surface area contributed by atoms with Crippen LogP contribution >= 0.6 is 0 Å². The van der Waals surface area contributed by atoms with Crippen LogP contribution in [0.25, 0.3) is 0 Å². The number of piperidine rings is 1. The summed E-state index contributed by atoms with van der Waals surface area (Å²) < 4.78 is 0. The Labute approximate surface area is 104 Å². The van der Waals surface area contributed by atoms with E-state index in [9.17, 15) is 4.79 Å². The molecule has 0 bridgehead atoms. The molecule has 0 aromatic rings. The number of nitrogens with one attached hydrogen (secondary N) is 1. The topological polar surface area (TPSA) is 35.6 Å². The number of rotatable bonds is 3. The number of carbonyl (C=O) groups excluding carboxylic acids is 1. The van der Waals surface area contributed by atoms with Gasteiger partial charge in [-0.05, 0) is 51.6 Å². The van der Waals surface area contributed by atoms with Gasteiger partial charge >= 0.3 is 6.03 Å². The van der Waals surface area contributed by atoms with Crippen molar-refractivity contribution in [3.63, 3.8) is 0 Å². The van der Waals surface area contributed by atoms with E-state index in [1.165, 1.54) is 32.1 Å². The molecule has 17 heavy (non-hydrogen) atoms. The molecule has 0 aromatic heterocycles. The lowest BCUT2D eigenvalue weighted by Gasteiger charge is -2.34. The van der Waals surface area contributed by atoms with Crippen LogP contribution in [-0.4, -0.2) is 55.6 Å². The van der Waals surface area contributed by atoms with Gasteiger partial charge in [-0.25, -0.2) is 4.79 Å². The average Bonchev–Trinajstić information content (AvgIpc) is 2.90. The van der Waals surface area contributed by atoms with Crippen molar-refractivity contribution in [2.24, 2.45) is 5.92 Å². The van der Waals surface area contributed by atoms with Gasteiger partial charge in [-0.15, -0.1) is 0 Å². The van der Waals surface area contributed by atoms with Crippen LogP contribution in [-0.2, 0) is 0 Å². The van der Waals surface area contributed by atoms with E-state index in [-0.39, 0.29) is 6.03 Å². The van der Waals surface area contributed by atoms with E-state index < -0.39 is 0 Å². The summed E-state index contributed by atoms with van der Waals surface area (Å²) in [5, 5.41) is 3.20. The summed E-state index contributed by atoms with van der Waals surface area (Å²) in [4.78, 5) is 16.2. The molecule has 1 N–H and O–H groups in total. The lowest BCUT2D eigenvalue weighted by Crippen LogP contribution is -2.45. The third kappa shape index (κ3) is 3.35. The van der Waals surface area contributed by atoms with Crippen molar-refractivity contribution in [2.75, 3.05) is 39.8 Å². The highest BCUT2D eigenvalue weighted by molar-refractivity contribution is 5.74. The van der Waals surface area contributed by atoms with Gasteiger partial charge in [0.2, 0.25) is 0 Å². The summed E-state index contributed by atoms with van der Waals surface area (Å²) in [6.07, 6.45) is 5.99. The summed E-state index contributed by atoms with van der Waals surface area (Å²) in [6, 6.07) is 0.287. The third-order valence-electron chi connectivity index (χ3n) is 4.06. The fourth-order valence-electron chi connectivity index (χ4n) is 2.87. The van der Waals surface area contributed by atoms with Crippen molar-refractivity contribution in [1.82, 2.24) is 15.1 Å². The molecule has 0 unspecified atom stereocenters. The Kier molecular flexibility index (Phi) is 4.66. The molecule has 2 saturated heterocycles. The zero-order valence-electron chi connectivity index (χ0n) is 11.0. The number of urea groups is 1. The monoisotopic (exact) mass is 239 g/mol. The number of carbonyl (C=O) groups is 1. The normalized spacial score (nSPS) is 22.2. The molecule has 2 heterocycles. The highest BCUT2D eigenvalue weighted by atomic mass is 16.2. The zero-order chi connectivity index (χ0) is 12.1. The number of hydrogen-bond donors (Lipinski definition) is 1. The maximum absolute atomic E-state index is 12.2. The van der Waals surface area contributed by atoms with Gasteiger partial charge in [-0.2, -0.15) is 0 Å². The van der Waals surface area contributed by atoms with Crippen LogP contribution in [0.4, 0.5) is 4.79 Å². The van der Waals surface area contributed by atoms with E-state index in [1.54, 1.807) is 0 Å². The maximum Gasteiger partial charge on any atom is 0.319 e. The standard InChI is InChI=1S/C13H25N3O/c1-14-7-4-12-5-10-16(11-6-12)13(17)15-8-2-3-9-15/h12,14H,2-11H2,1H3. The Bertz CT molecular complexity index is 243. The predicted octanol–water partition coefficient (Wildman–Crippen LogP) is 1.52. The Morgan fingerprint density at radius 2 is 1.71 bits per heavy atom. The molecular weight excluding hydrogens is 214 g/mol. The predicted molar refractivity (Wildman–Crippen MR) is 69.0 cm³/mol. The smallest absolute Gasteiger partial charge is 0.319 e. The van der Waals surface area contributed by atoms with E-state index >= 15 is 0 Å². The second kappa shape index (κ2) is 6.24. The van der Waals surface area contributed by atoms with Crippen molar-refractivity contribution in [2.45, 2.75) is 32.1 Å². The van der Waals surface area contributed by atoms with Crippen LogP contribution in [0, 0.1) is 5.92 Å². The van der Waals surface area contributed by atoms with E-state index in [0.717, 1.165) is 38.6 Å². The molecule has 0 aliphatic carbocycles. The first-order valence-corrected chi connectivity index (χ1v) is 6.99. The molecule has 2 fully saturated rings. The van der Waals surface area contributed by atoms with E-state index in [2.05, 4.69) is 10.2 Å². The number of likely N-dealkylation sites (tertiary alicyclic amines) is 2. The van der Waals surface area contributed by atoms with Gasteiger partial charge in [-0.3, -0.25) is 0 Å². The molecule has 4 heteroatoms. The molecular formula is C13H25N3O. The molecule has 2 aliphatic rings. The van der Waals surface area contributed by atoms with Crippen molar-refractivity contribution in [3.8, 4) is 0 Å². The first-order chi connectivity index (χ1) is 8.31. The van der Waals surface area contributed by atoms with E-state index in [0.29, 0.717) is 0 Å². The highest BCUT2D eigenvalue weighted by Gasteiger charge is 2.27. The van der Waals surface area contributed by atoms with Crippen LogP contribution in [0.2, 0.25) is 0 Å². The Hall–Kier alpha value is -0.770. The summed E-state index contributed by atoms with van der Waals surface area (Å²) in [5.41, 5.74) is 0. The molecule has 0 aromatic carbocycles. The minimum absolute atomic E-state index is 0.287. The first kappa shape index (κ1) is 12.7. The van der Waals surface area contributed by atoms with Crippen molar-refractivity contribution < 1.29 is 4.79 Å².